The Kier molecular flexibility index (Phi) is 5.06. The van der Waals surface area contributed by atoms with Crippen LogP contribution in [0.1, 0.15) is 21.9 Å². The van der Waals surface area contributed by atoms with Crippen molar-refractivity contribution in [3.05, 3.63) is 35.5 Å². The van der Waals surface area contributed by atoms with Gasteiger partial charge >= 0.3 is 29.6 Å². The maximum absolute atomic E-state index is 11.1. The third kappa shape index (κ3) is 3.03. The average Bonchev–Trinajstić information content (AvgIpc) is 2.30. The molecule has 0 aliphatic rings. The van der Waals surface area contributed by atoms with Gasteiger partial charge in [0.05, 0.1) is 5.56 Å². The first-order valence-electron chi connectivity index (χ1n) is 3.55. The van der Waals surface area contributed by atoms with E-state index in [0.717, 1.165) is 6.08 Å². The normalized spacial score (nSPS) is 10.0. The number of hydrogen-bond donors (Lipinski definition) is 0. The van der Waals surface area contributed by atoms with Gasteiger partial charge < -0.3 is 9.52 Å². The third-order valence-corrected chi connectivity index (χ3v) is 1.53. The van der Waals surface area contributed by atoms with Crippen LogP contribution in [-0.4, -0.2) is 5.78 Å². The fourth-order valence-electron chi connectivity index (χ4n) is 1.03. The molecule has 1 heterocycles. The molecule has 1 aromatic rings. The van der Waals surface area contributed by atoms with Gasteiger partial charge in [-0.25, -0.2) is 0 Å². The molecule has 0 amide bonds. The Morgan fingerprint density at radius 1 is 1.54 bits per heavy atom. The molecule has 0 spiro atoms. The summed E-state index contributed by atoms with van der Waals surface area (Å²) in [5, 5.41) is 10.00. The van der Waals surface area contributed by atoms with E-state index < -0.39 is 0 Å². The molecule has 1 rings (SSSR count). The molecule has 0 bridgehead atoms. The fraction of sp³-hybridized carbons (Fsp3) is 0.222. The molecule has 0 N–H and O–H groups in total. The minimum Gasteiger partial charge on any atom is -0.878 e. The van der Waals surface area contributed by atoms with Crippen LogP contribution in [0.3, 0.4) is 0 Å². The van der Waals surface area contributed by atoms with Gasteiger partial charge in [0.15, 0.2) is 5.78 Å². The molecule has 0 aliphatic heterocycles. The van der Waals surface area contributed by atoms with Crippen molar-refractivity contribution in [1.29, 1.82) is 0 Å². The summed E-state index contributed by atoms with van der Waals surface area (Å²) < 4.78 is 5.13. The van der Waals surface area contributed by atoms with Crippen LogP contribution in [0, 0.1) is 13.8 Å². The summed E-state index contributed by atoms with van der Waals surface area (Å²) in [4.78, 5) is 11.1. The Labute approximate surface area is 98.7 Å². The van der Waals surface area contributed by atoms with Crippen LogP contribution in [-0.2, 0) is 0 Å². The zero-order valence-corrected chi connectivity index (χ0v) is 9.96. The van der Waals surface area contributed by atoms with Crippen LogP contribution in [0.4, 0.5) is 0 Å². The SMILES string of the molecule is Cc1cc(C(=O)C=C[O-])c(C)o1.[Na+]. The molecule has 64 valence electrons. The standard InChI is InChI=1S/C9H10O3.Na/c1-6-5-8(7(2)12-6)9(11)3-4-10;/h3-5,10H,1-2H3;/q;+1/p-1. The summed E-state index contributed by atoms with van der Waals surface area (Å²) in [6.45, 7) is 3.45. The van der Waals surface area contributed by atoms with E-state index in [9.17, 15) is 9.90 Å². The van der Waals surface area contributed by atoms with E-state index >= 15 is 0 Å². The Hall–Kier alpha value is -0.510. The third-order valence-electron chi connectivity index (χ3n) is 1.53. The van der Waals surface area contributed by atoms with Crippen molar-refractivity contribution in [2.24, 2.45) is 0 Å². The first-order valence-corrected chi connectivity index (χ1v) is 3.55. The van der Waals surface area contributed by atoms with Crippen LogP contribution >= 0.6 is 0 Å². The van der Waals surface area contributed by atoms with Gasteiger partial charge in [-0.15, -0.1) is 6.26 Å². The molecule has 0 saturated heterocycles. The number of aryl methyl sites for hydroxylation is 2. The molecular weight excluding hydrogens is 179 g/mol. The number of hydrogen-bond acceptors (Lipinski definition) is 3. The van der Waals surface area contributed by atoms with E-state index in [4.69, 9.17) is 4.42 Å². The van der Waals surface area contributed by atoms with Gasteiger partial charge in [-0.3, -0.25) is 4.79 Å². The quantitative estimate of drug-likeness (QED) is 0.232. The summed E-state index contributed by atoms with van der Waals surface area (Å²) in [5.41, 5.74) is 0.458. The van der Waals surface area contributed by atoms with Crippen molar-refractivity contribution < 1.29 is 43.9 Å². The smallest absolute Gasteiger partial charge is 0.878 e. The second-order valence-electron chi connectivity index (χ2n) is 2.49. The van der Waals surface area contributed by atoms with Crippen molar-refractivity contribution in [1.82, 2.24) is 0 Å². The first kappa shape index (κ1) is 12.5. The van der Waals surface area contributed by atoms with E-state index in [2.05, 4.69) is 0 Å². The largest absolute Gasteiger partial charge is 1.00 e. The zero-order valence-electron chi connectivity index (χ0n) is 7.96. The summed E-state index contributed by atoms with van der Waals surface area (Å²) >= 11 is 0. The Bertz CT molecular complexity index is 326. The van der Waals surface area contributed by atoms with Crippen molar-refractivity contribution in [3.63, 3.8) is 0 Å². The number of carbonyl (C=O) groups is 1. The van der Waals surface area contributed by atoms with Crippen molar-refractivity contribution >= 4 is 5.78 Å². The van der Waals surface area contributed by atoms with E-state index in [-0.39, 0.29) is 35.3 Å². The molecule has 13 heavy (non-hydrogen) atoms. The average molecular weight is 188 g/mol. The second kappa shape index (κ2) is 5.27. The predicted octanol–water partition coefficient (Wildman–Crippen LogP) is -2.04. The first-order chi connectivity index (χ1) is 5.65. The number of carbonyl (C=O) groups excluding carboxylic acids is 1. The molecule has 0 aliphatic carbocycles. The van der Waals surface area contributed by atoms with Gasteiger partial charge in [-0.05, 0) is 26.0 Å². The van der Waals surface area contributed by atoms with Crippen LogP contribution in [0.5, 0.6) is 0 Å². The Balaban J connectivity index is 0.00000144. The van der Waals surface area contributed by atoms with Crippen LogP contribution in [0.25, 0.3) is 0 Å². The van der Waals surface area contributed by atoms with Crippen LogP contribution in [0.15, 0.2) is 22.8 Å². The minimum atomic E-state index is -0.306. The molecule has 0 saturated carbocycles. The zero-order chi connectivity index (χ0) is 9.14. The summed E-state index contributed by atoms with van der Waals surface area (Å²) in [6, 6.07) is 1.62. The molecular formula is C9H9NaO3. The maximum atomic E-state index is 11.1. The number of ketones is 1. The molecule has 0 atom stereocenters. The van der Waals surface area contributed by atoms with Gasteiger partial charge in [-0.2, -0.15) is 0 Å². The Morgan fingerprint density at radius 2 is 2.15 bits per heavy atom. The van der Waals surface area contributed by atoms with Gasteiger partial charge in [0.1, 0.15) is 11.5 Å². The van der Waals surface area contributed by atoms with Crippen molar-refractivity contribution in [2.75, 3.05) is 0 Å². The van der Waals surface area contributed by atoms with E-state index in [1.807, 2.05) is 0 Å². The molecule has 0 aromatic carbocycles. The molecule has 0 radical (unpaired) electrons. The number of furan rings is 1. The molecule has 1 aromatic heterocycles. The summed E-state index contributed by atoms with van der Waals surface area (Å²) in [7, 11) is 0. The van der Waals surface area contributed by atoms with E-state index in [1.54, 1.807) is 19.9 Å². The molecule has 0 unspecified atom stereocenters. The van der Waals surface area contributed by atoms with Crippen LogP contribution in [0.2, 0.25) is 0 Å². The fourth-order valence-corrected chi connectivity index (χ4v) is 1.03. The molecule has 3 nitrogen and oxygen atoms in total. The minimum absolute atomic E-state index is 0. The van der Waals surface area contributed by atoms with E-state index in [0.29, 0.717) is 23.3 Å². The Morgan fingerprint density at radius 3 is 2.54 bits per heavy atom. The predicted molar refractivity (Wildman–Crippen MR) is 41.7 cm³/mol. The van der Waals surface area contributed by atoms with Gasteiger partial charge in [0.2, 0.25) is 0 Å². The van der Waals surface area contributed by atoms with Crippen LogP contribution < -0.4 is 34.7 Å². The monoisotopic (exact) mass is 188 g/mol. The summed E-state index contributed by atoms with van der Waals surface area (Å²) in [6.07, 6.45) is 1.46. The summed E-state index contributed by atoms with van der Waals surface area (Å²) in [5.74, 6) is 0.921. The van der Waals surface area contributed by atoms with Gasteiger partial charge in [0.25, 0.3) is 0 Å². The second-order valence-corrected chi connectivity index (χ2v) is 2.49. The maximum Gasteiger partial charge on any atom is 1.00 e. The topological polar surface area (TPSA) is 53.3 Å². The van der Waals surface area contributed by atoms with Gasteiger partial charge in [0, 0.05) is 0 Å². The molecule has 0 fully saturated rings. The number of allylic oxidation sites excluding steroid dienone is 1. The van der Waals surface area contributed by atoms with Crippen molar-refractivity contribution in [2.45, 2.75) is 13.8 Å². The van der Waals surface area contributed by atoms with E-state index in [1.165, 1.54) is 0 Å². The number of rotatable bonds is 2. The van der Waals surface area contributed by atoms with Crippen molar-refractivity contribution in [3.8, 4) is 0 Å². The molecule has 4 heteroatoms. The van der Waals surface area contributed by atoms with Gasteiger partial charge in [-0.1, -0.05) is 0 Å².